The highest BCUT2D eigenvalue weighted by molar-refractivity contribution is 9.10. The average Bonchev–Trinajstić information content (AvgIpc) is 2.19. The van der Waals surface area contributed by atoms with Gasteiger partial charge in [-0.05, 0) is 24.6 Å². The first kappa shape index (κ1) is 9.87. The van der Waals surface area contributed by atoms with Gasteiger partial charge in [-0.3, -0.25) is 4.99 Å². The maximum atomic E-state index is 5.41. The lowest BCUT2D eigenvalue weighted by molar-refractivity contribution is 0.110. The molecule has 2 rings (SSSR count). The van der Waals surface area contributed by atoms with E-state index in [-0.39, 0.29) is 5.54 Å². The molecule has 3 heteroatoms. The Balaban J connectivity index is 2.37. The lowest BCUT2D eigenvalue weighted by Crippen LogP contribution is -2.30. The number of ether oxygens (including phenoxy) is 1. The summed E-state index contributed by atoms with van der Waals surface area (Å²) in [7, 11) is 0. The van der Waals surface area contributed by atoms with Crippen LogP contribution in [0.1, 0.15) is 12.5 Å². The molecule has 0 amide bonds. The number of hydrogen-bond acceptors (Lipinski definition) is 2. The minimum Gasteiger partial charge on any atom is -0.373 e. The van der Waals surface area contributed by atoms with Crippen molar-refractivity contribution in [3.8, 4) is 0 Å². The van der Waals surface area contributed by atoms with Crippen molar-refractivity contribution in [1.82, 2.24) is 0 Å². The Morgan fingerprint density at radius 3 is 3.00 bits per heavy atom. The Hall–Kier alpha value is -0.670. The van der Waals surface area contributed by atoms with E-state index in [1.165, 1.54) is 5.56 Å². The molecule has 74 valence electrons. The summed E-state index contributed by atoms with van der Waals surface area (Å²) in [5, 5.41) is 0. The summed E-state index contributed by atoms with van der Waals surface area (Å²) in [6.07, 6.45) is 1.84. The molecule has 1 atom stereocenters. The second-order valence-corrected chi connectivity index (χ2v) is 4.53. The average molecular weight is 254 g/mol. The number of hydrogen-bond donors (Lipinski definition) is 0. The zero-order valence-corrected chi connectivity index (χ0v) is 9.62. The third kappa shape index (κ3) is 1.88. The minimum atomic E-state index is -0.220. The van der Waals surface area contributed by atoms with E-state index in [9.17, 15) is 0 Å². The molecule has 0 aromatic heterocycles. The minimum absolute atomic E-state index is 0.220. The SMILES string of the molecule is CC1(c2cccc(Br)c2)COCC=N1. The molecule has 1 aliphatic heterocycles. The van der Waals surface area contributed by atoms with Gasteiger partial charge in [-0.25, -0.2) is 0 Å². The Morgan fingerprint density at radius 2 is 2.36 bits per heavy atom. The van der Waals surface area contributed by atoms with Gasteiger partial charge in [0.05, 0.1) is 13.2 Å². The molecule has 0 N–H and O–H groups in total. The molecule has 1 unspecified atom stereocenters. The second kappa shape index (κ2) is 3.83. The number of benzene rings is 1. The topological polar surface area (TPSA) is 21.6 Å². The predicted octanol–water partition coefficient (Wildman–Crippen LogP) is 2.77. The van der Waals surface area contributed by atoms with Crippen molar-refractivity contribution in [3.63, 3.8) is 0 Å². The van der Waals surface area contributed by atoms with E-state index in [4.69, 9.17) is 4.74 Å². The predicted molar refractivity (Wildman–Crippen MR) is 60.8 cm³/mol. The van der Waals surface area contributed by atoms with E-state index in [1.54, 1.807) is 0 Å². The van der Waals surface area contributed by atoms with Crippen LogP contribution in [0.15, 0.2) is 33.7 Å². The van der Waals surface area contributed by atoms with Crippen molar-refractivity contribution in [2.24, 2.45) is 4.99 Å². The van der Waals surface area contributed by atoms with Crippen LogP contribution in [0, 0.1) is 0 Å². The molecule has 2 nitrogen and oxygen atoms in total. The van der Waals surface area contributed by atoms with Gasteiger partial charge in [-0.2, -0.15) is 0 Å². The highest BCUT2D eigenvalue weighted by Gasteiger charge is 2.27. The van der Waals surface area contributed by atoms with Gasteiger partial charge >= 0.3 is 0 Å². The van der Waals surface area contributed by atoms with E-state index >= 15 is 0 Å². The normalized spacial score (nSPS) is 26.4. The summed E-state index contributed by atoms with van der Waals surface area (Å²) in [6.45, 7) is 3.37. The van der Waals surface area contributed by atoms with Crippen LogP contribution in [0.25, 0.3) is 0 Å². The Bertz CT molecular complexity index is 364. The van der Waals surface area contributed by atoms with Crippen LogP contribution in [0.4, 0.5) is 0 Å². The summed E-state index contributed by atoms with van der Waals surface area (Å²) in [6, 6.07) is 8.21. The third-order valence-corrected chi connectivity index (χ3v) is 2.89. The van der Waals surface area contributed by atoms with Crippen LogP contribution in [0.2, 0.25) is 0 Å². The highest BCUT2D eigenvalue weighted by atomic mass is 79.9. The molecule has 0 spiro atoms. The zero-order chi connectivity index (χ0) is 10.0. The molecule has 0 saturated heterocycles. The fourth-order valence-corrected chi connectivity index (χ4v) is 1.97. The summed E-state index contributed by atoms with van der Waals surface area (Å²) in [4.78, 5) is 4.50. The first-order valence-corrected chi connectivity index (χ1v) is 5.37. The molecular formula is C11H12BrNO. The van der Waals surface area contributed by atoms with Crippen molar-refractivity contribution < 1.29 is 4.74 Å². The van der Waals surface area contributed by atoms with Crippen molar-refractivity contribution in [2.75, 3.05) is 13.2 Å². The molecule has 0 aliphatic carbocycles. The van der Waals surface area contributed by atoms with Crippen molar-refractivity contribution in [1.29, 1.82) is 0 Å². The molecule has 0 fully saturated rings. The number of nitrogens with zero attached hydrogens (tertiary/aromatic N) is 1. The highest BCUT2D eigenvalue weighted by Crippen LogP contribution is 2.29. The smallest absolute Gasteiger partial charge is 0.106 e. The molecular weight excluding hydrogens is 242 g/mol. The van der Waals surface area contributed by atoms with Crippen molar-refractivity contribution in [2.45, 2.75) is 12.5 Å². The number of rotatable bonds is 1. The largest absolute Gasteiger partial charge is 0.373 e. The van der Waals surface area contributed by atoms with Crippen LogP contribution in [-0.4, -0.2) is 19.4 Å². The van der Waals surface area contributed by atoms with Gasteiger partial charge in [0.1, 0.15) is 5.54 Å². The Labute approximate surface area is 92.1 Å². The number of halogens is 1. The van der Waals surface area contributed by atoms with Gasteiger partial charge in [0.15, 0.2) is 0 Å². The van der Waals surface area contributed by atoms with Gasteiger partial charge < -0.3 is 4.74 Å². The van der Waals surface area contributed by atoms with E-state index in [2.05, 4.69) is 40.0 Å². The first-order valence-electron chi connectivity index (χ1n) is 4.58. The lowest BCUT2D eigenvalue weighted by Gasteiger charge is -2.28. The van der Waals surface area contributed by atoms with Crippen LogP contribution < -0.4 is 0 Å². The van der Waals surface area contributed by atoms with Gasteiger partial charge in [-0.1, -0.05) is 28.1 Å². The van der Waals surface area contributed by atoms with Crippen LogP contribution in [0.3, 0.4) is 0 Å². The fourth-order valence-electron chi connectivity index (χ4n) is 1.57. The molecule has 1 aromatic rings. The van der Waals surface area contributed by atoms with Gasteiger partial charge in [0.25, 0.3) is 0 Å². The van der Waals surface area contributed by atoms with Gasteiger partial charge in [0.2, 0.25) is 0 Å². The van der Waals surface area contributed by atoms with Crippen molar-refractivity contribution >= 4 is 22.1 Å². The molecule has 1 aromatic carbocycles. The molecule has 0 saturated carbocycles. The Morgan fingerprint density at radius 1 is 1.50 bits per heavy atom. The maximum absolute atomic E-state index is 5.41. The summed E-state index contributed by atoms with van der Waals surface area (Å²) in [5.74, 6) is 0. The van der Waals surface area contributed by atoms with Crippen LogP contribution in [-0.2, 0) is 10.3 Å². The second-order valence-electron chi connectivity index (χ2n) is 3.61. The molecule has 0 bridgehead atoms. The zero-order valence-electron chi connectivity index (χ0n) is 8.03. The first-order chi connectivity index (χ1) is 6.71. The van der Waals surface area contributed by atoms with Gasteiger partial charge in [-0.15, -0.1) is 0 Å². The quantitative estimate of drug-likeness (QED) is 0.755. The third-order valence-electron chi connectivity index (χ3n) is 2.40. The lowest BCUT2D eigenvalue weighted by atomic mass is 9.93. The Kier molecular flexibility index (Phi) is 2.70. The molecule has 14 heavy (non-hydrogen) atoms. The summed E-state index contributed by atoms with van der Waals surface area (Å²) < 4.78 is 6.50. The van der Waals surface area contributed by atoms with Gasteiger partial charge in [0, 0.05) is 10.7 Å². The fraction of sp³-hybridized carbons (Fsp3) is 0.364. The summed E-state index contributed by atoms with van der Waals surface area (Å²) in [5.41, 5.74) is 0.963. The monoisotopic (exact) mass is 253 g/mol. The van der Waals surface area contributed by atoms with Crippen molar-refractivity contribution in [3.05, 3.63) is 34.3 Å². The molecule has 1 heterocycles. The van der Waals surface area contributed by atoms with Crippen LogP contribution >= 0.6 is 15.9 Å². The number of aliphatic imine (C=N–C) groups is 1. The van der Waals surface area contributed by atoms with E-state index in [0.717, 1.165) is 4.47 Å². The van der Waals surface area contributed by atoms with Crippen LogP contribution in [0.5, 0.6) is 0 Å². The van der Waals surface area contributed by atoms with E-state index in [1.807, 2.05) is 18.3 Å². The van der Waals surface area contributed by atoms with E-state index in [0.29, 0.717) is 13.2 Å². The van der Waals surface area contributed by atoms with E-state index < -0.39 is 0 Å². The molecule has 1 aliphatic rings. The standard InChI is InChI=1S/C11H12BrNO/c1-11(8-14-6-5-13-11)9-3-2-4-10(12)7-9/h2-5,7H,6,8H2,1H3. The summed E-state index contributed by atoms with van der Waals surface area (Å²) >= 11 is 3.46. The maximum Gasteiger partial charge on any atom is 0.106 e. The molecule has 0 radical (unpaired) electrons.